The molecule has 0 saturated carbocycles. The first-order valence-electron chi connectivity index (χ1n) is 15.0. The monoisotopic (exact) mass is 592 g/mol. The molecule has 1 aliphatic heterocycles. The number of hydrogen-bond donors (Lipinski definition) is 1. The van der Waals surface area contributed by atoms with Gasteiger partial charge in [-0.05, 0) is 79.6 Å². The highest BCUT2D eigenvalue weighted by atomic mass is 19.1. The topological polar surface area (TPSA) is 52.9 Å². The highest BCUT2D eigenvalue weighted by Gasteiger charge is 2.37. The maximum absolute atomic E-state index is 15.9. The maximum atomic E-state index is 15.9. The fraction of sp³-hybridized carbons (Fsp3) is 0.263. The molecule has 44 heavy (non-hydrogen) atoms. The molecule has 0 radical (unpaired) electrons. The number of aliphatic imine (C=N–C) groups is 1. The fourth-order valence-corrected chi connectivity index (χ4v) is 6.16. The quantitative estimate of drug-likeness (QED) is 0.164. The second kappa shape index (κ2) is 13.1. The average molecular weight is 593 g/mol. The van der Waals surface area contributed by atoms with E-state index in [4.69, 9.17) is 4.99 Å². The van der Waals surface area contributed by atoms with E-state index >= 15 is 8.78 Å². The van der Waals surface area contributed by atoms with Crippen LogP contribution in [0.15, 0.2) is 95.5 Å². The Balaban J connectivity index is 1.67. The second-order valence-electron chi connectivity index (χ2n) is 12.0. The van der Waals surface area contributed by atoms with Crippen molar-refractivity contribution in [1.82, 2.24) is 4.90 Å². The van der Waals surface area contributed by atoms with Gasteiger partial charge in [0.1, 0.15) is 11.6 Å². The smallest absolute Gasteiger partial charge is 0.331 e. The summed E-state index contributed by atoms with van der Waals surface area (Å²) in [6.45, 7) is 10.4. The van der Waals surface area contributed by atoms with Crippen LogP contribution >= 0.6 is 0 Å². The molecule has 1 N–H and O–H groups in total. The van der Waals surface area contributed by atoms with Crippen molar-refractivity contribution in [3.05, 3.63) is 141 Å². The van der Waals surface area contributed by atoms with E-state index < -0.39 is 23.6 Å². The van der Waals surface area contributed by atoms with Crippen molar-refractivity contribution in [2.45, 2.75) is 53.1 Å². The van der Waals surface area contributed by atoms with Gasteiger partial charge in [0.15, 0.2) is 0 Å². The average Bonchev–Trinajstić information content (AvgIpc) is 2.99. The zero-order chi connectivity index (χ0) is 31.5. The molecular weight excluding hydrogens is 554 g/mol. The lowest BCUT2D eigenvalue weighted by molar-refractivity contribution is -0.132. The van der Waals surface area contributed by atoms with Crippen LogP contribution in [0.2, 0.25) is 0 Å². The van der Waals surface area contributed by atoms with E-state index in [9.17, 15) is 9.90 Å². The number of carbonyl (C=O) groups is 1. The first-order valence-corrected chi connectivity index (χ1v) is 15.0. The number of aliphatic carboxylic acids is 1. The number of rotatable bonds is 8. The Bertz CT molecular complexity index is 1660. The van der Waals surface area contributed by atoms with Crippen LogP contribution in [0.1, 0.15) is 72.7 Å². The Morgan fingerprint density at radius 1 is 0.977 bits per heavy atom. The van der Waals surface area contributed by atoms with Gasteiger partial charge in [0, 0.05) is 34.9 Å². The van der Waals surface area contributed by atoms with Crippen molar-refractivity contribution in [2.24, 2.45) is 10.9 Å². The highest BCUT2D eigenvalue weighted by Crippen LogP contribution is 2.43. The molecule has 1 aliphatic rings. The Kier molecular flexibility index (Phi) is 9.21. The van der Waals surface area contributed by atoms with Gasteiger partial charge in [0.25, 0.3) is 0 Å². The van der Waals surface area contributed by atoms with Gasteiger partial charge in [-0.25, -0.2) is 18.6 Å². The van der Waals surface area contributed by atoms with Gasteiger partial charge in [0.05, 0.1) is 17.4 Å². The Labute approximate surface area is 258 Å². The third-order valence-electron chi connectivity index (χ3n) is 8.30. The molecule has 0 unspecified atom stereocenters. The summed E-state index contributed by atoms with van der Waals surface area (Å²) in [5.41, 5.74) is 6.75. The second-order valence-corrected chi connectivity index (χ2v) is 12.0. The van der Waals surface area contributed by atoms with Crippen molar-refractivity contribution in [2.75, 3.05) is 6.54 Å². The summed E-state index contributed by atoms with van der Waals surface area (Å²) in [5, 5.41) is 9.26. The zero-order valence-corrected chi connectivity index (χ0v) is 25.8. The van der Waals surface area contributed by atoms with Crippen LogP contribution < -0.4 is 0 Å². The molecule has 6 heteroatoms. The van der Waals surface area contributed by atoms with Crippen molar-refractivity contribution in [3.8, 4) is 0 Å². The summed E-state index contributed by atoms with van der Waals surface area (Å²) in [7, 11) is 0. The maximum Gasteiger partial charge on any atom is 0.331 e. The van der Waals surface area contributed by atoms with Crippen LogP contribution in [0.25, 0.3) is 6.08 Å². The minimum Gasteiger partial charge on any atom is -0.478 e. The van der Waals surface area contributed by atoms with Crippen molar-refractivity contribution >= 4 is 23.4 Å². The van der Waals surface area contributed by atoms with E-state index in [1.165, 1.54) is 25.1 Å². The Morgan fingerprint density at radius 2 is 1.55 bits per heavy atom. The highest BCUT2D eigenvalue weighted by molar-refractivity contribution is 6.14. The van der Waals surface area contributed by atoms with Gasteiger partial charge < -0.3 is 5.11 Å². The molecule has 0 spiro atoms. The molecule has 0 amide bonds. The van der Waals surface area contributed by atoms with Gasteiger partial charge in [-0.3, -0.25) is 4.90 Å². The molecule has 0 fully saturated rings. The van der Waals surface area contributed by atoms with E-state index in [1.54, 1.807) is 0 Å². The van der Waals surface area contributed by atoms with Crippen LogP contribution in [0.4, 0.5) is 14.5 Å². The van der Waals surface area contributed by atoms with Crippen molar-refractivity contribution < 1.29 is 18.7 Å². The van der Waals surface area contributed by atoms with E-state index in [2.05, 4.69) is 25.7 Å². The summed E-state index contributed by atoms with van der Waals surface area (Å²) in [4.78, 5) is 18.7. The van der Waals surface area contributed by atoms with Crippen LogP contribution in [-0.4, -0.2) is 34.3 Å². The number of hydrogen-bond acceptors (Lipinski definition) is 3. The Hall–Kier alpha value is -4.42. The third-order valence-corrected chi connectivity index (χ3v) is 8.30. The molecule has 0 bridgehead atoms. The van der Waals surface area contributed by atoms with E-state index in [0.29, 0.717) is 6.54 Å². The number of benzene rings is 4. The fourth-order valence-electron chi connectivity index (χ4n) is 6.16. The normalized spacial score (nSPS) is 17.0. The van der Waals surface area contributed by atoms with Gasteiger partial charge in [-0.1, -0.05) is 80.6 Å². The van der Waals surface area contributed by atoms with Crippen LogP contribution in [-0.2, 0) is 11.2 Å². The summed E-state index contributed by atoms with van der Waals surface area (Å²) in [6.07, 6.45) is 2.01. The minimum absolute atomic E-state index is 0.00343. The number of carboxylic acids is 1. The zero-order valence-electron chi connectivity index (χ0n) is 25.8. The number of carboxylic acid groups (broad SMARTS) is 1. The van der Waals surface area contributed by atoms with E-state index in [0.717, 1.165) is 45.6 Å². The molecule has 0 saturated heterocycles. The van der Waals surface area contributed by atoms with Gasteiger partial charge in [0.2, 0.25) is 0 Å². The SMILES string of the molecule is C/C(=C\c1cc(F)c([C@@H]2c3ccc(N=C(c4ccccc4)c4ccccc4)c(C)c3C[C@@H](C)N2CC(C)C)c(F)c1)C(=O)O. The van der Waals surface area contributed by atoms with Gasteiger partial charge in [-0.15, -0.1) is 0 Å². The number of nitrogens with zero attached hydrogens (tertiary/aromatic N) is 2. The first-order chi connectivity index (χ1) is 21.0. The molecule has 5 rings (SSSR count). The first kappa shape index (κ1) is 31.0. The van der Waals surface area contributed by atoms with E-state index in [1.807, 2.05) is 79.7 Å². The lowest BCUT2D eigenvalue weighted by atomic mass is 9.81. The molecular formula is C38H38F2N2O2. The molecule has 226 valence electrons. The number of fused-ring (bicyclic) bond motifs is 1. The van der Waals surface area contributed by atoms with Crippen LogP contribution in [0.3, 0.4) is 0 Å². The minimum atomic E-state index is -1.13. The number of halogens is 2. The molecule has 4 aromatic rings. The summed E-state index contributed by atoms with van der Waals surface area (Å²) in [5.74, 6) is -2.24. The molecule has 0 aromatic heterocycles. The van der Waals surface area contributed by atoms with Gasteiger partial charge in [-0.2, -0.15) is 0 Å². The standard InChI is InChI=1S/C38H38F2N2O2/c1-23(2)22-42-25(4)19-31-26(5)34(41-36(28-12-8-6-9-13-28)29-14-10-7-11-15-29)17-16-30(31)37(42)35-32(39)20-27(21-33(35)40)18-24(3)38(43)44/h6-18,20-21,23,25,37H,19,22H2,1-5H3,(H,43,44)/b24-18+/t25-,37+/m1/s1. The van der Waals surface area contributed by atoms with Gasteiger partial charge >= 0.3 is 5.97 Å². The molecule has 4 nitrogen and oxygen atoms in total. The van der Waals surface area contributed by atoms with Crippen molar-refractivity contribution in [1.29, 1.82) is 0 Å². The largest absolute Gasteiger partial charge is 0.478 e. The summed E-state index contributed by atoms with van der Waals surface area (Å²) in [6, 6.07) is 25.9. The van der Waals surface area contributed by atoms with Crippen LogP contribution in [0, 0.1) is 24.5 Å². The predicted molar refractivity (Wildman–Crippen MR) is 174 cm³/mol. The Morgan fingerprint density at radius 3 is 2.07 bits per heavy atom. The third kappa shape index (κ3) is 6.41. The molecule has 4 aromatic carbocycles. The molecule has 0 aliphatic carbocycles. The predicted octanol–water partition coefficient (Wildman–Crippen LogP) is 8.92. The van der Waals surface area contributed by atoms with Crippen molar-refractivity contribution in [3.63, 3.8) is 0 Å². The molecule has 2 atom stereocenters. The van der Waals surface area contributed by atoms with Crippen LogP contribution in [0.5, 0.6) is 0 Å². The summed E-state index contributed by atoms with van der Waals surface area (Å²) >= 11 is 0. The summed E-state index contributed by atoms with van der Waals surface area (Å²) < 4.78 is 31.9. The van der Waals surface area contributed by atoms with E-state index in [-0.39, 0.29) is 28.7 Å². The lowest BCUT2D eigenvalue weighted by Gasteiger charge is -2.44. The lowest BCUT2D eigenvalue weighted by Crippen LogP contribution is -2.45. The molecule has 1 heterocycles.